The van der Waals surface area contributed by atoms with Gasteiger partial charge in [-0.2, -0.15) is 0 Å². The first-order valence-corrected chi connectivity index (χ1v) is 5.55. The molecule has 0 spiro atoms. The monoisotopic (exact) mass is 257 g/mol. The molecule has 1 aromatic rings. The number of benzene rings is 1. The Morgan fingerprint density at radius 3 is 2.88 bits per heavy atom. The lowest BCUT2D eigenvalue weighted by atomic mass is 10.3. The summed E-state index contributed by atoms with van der Waals surface area (Å²) in [7, 11) is 1.75. The number of nitrogens with two attached hydrogens (primary N) is 1. The molecule has 4 N–H and O–H groups in total. The van der Waals surface area contributed by atoms with Crippen molar-refractivity contribution in [1.29, 1.82) is 0 Å². The van der Waals surface area contributed by atoms with E-state index in [4.69, 9.17) is 22.4 Å². The molecule has 1 aromatic carbocycles. The second kappa shape index (κ2) is 6.44. The van der Waals surface area contributed by atoms with Crippen LogP contribution in [0.1, 0.15) is 0 Å². The molecule has 94 valence electrons. The fourth-order valence-corrected chi connectivity index (χ4v) is 1.55. The standard InChI is InChI=1S/C11H16ClN3O2/c1-15(4-5-16)7-11(17)14-10-3-2-8(13)6-9(10)12/h2-3,6,16H,4-5,7,13H2,1H3,(H,14,17). The Balaban J connectivity index is 2.56. The third-order valence-corrected chi connectivity index (χ3v) is 2.48. The maximum atomic E-state index is 11.6. The van der Waals surface area contributed by atoms with Crippen LogP contribution in [0.3, 0.4) is 0 Å². The number of nitrogen functional groups attached to an aromatic ring is 1. The van der Waals surface area contributed by atoms with Crippen LogP contribution in [0.5, 0.6) is 0 Å². The molecule has 5 nitrogen and oxygen atoms in total. The van der Waals surface area contributed by atoms with Gasteiger partial charge in [0, 0.05) is 12.2 Å². The summed E-state index contributed by atoms with van der Waals surface area (Å²) in [6.07, 6.45) is 0. The van der Waals surface area contributed by atoms with E-state index in [0.717, 1.165) is 0 Å². The van der Waals surface area contributed by atoms with Gasteiger partial charge < -0.3 is 16.2 Å². The molecule has 0 aromatic heterocycles. The van der Waals surface area contributed by atoms with E-state index in [-0.39, 0.29) is 19.1 Å². The molecule has 0 radical (unpaired) electrons. The van der Waals surface area contributed by atoms with Gasteiger partial charge in [0.05, 0.1) is 23.9 Å². The zero-order valence-corrected chi connectivity index (χ0v) is 10.4. The predicted molar refractivity (Wildman–Crippen MR) is 69.1 cm³/mol. The van der Waals surface area contributed by atoms with Crippen molar-refractivity contribution in [3.8, 4) is 0 Å². The molecule has 0 saturated heterocycles. The lowest BCUT2D eigenvalue weighted by molar-refractivity contribution is -0.117. The van der Waals surface area contributed by atoms with Crippen LogP contribution in [0.15, 0.2) is 18.2 Å². The van der Waals surface area contributed by atoms with Gasteiger partial charge in [-0.25, -0.2) is 0 Å². The number of aliphatic hydroxyl groups is 1. The first kappa shape index (κ1) is 13.8. The Morgan fingerprint density at radius 2 is 2.29 bits per heavy atom. The summed E-state index contributed by atoms with van der Waals surface area (Å²) in [6, 6.07) is 4.90. The summed E-state index contributed by atoms with van der Waals surface area (Å²) in [4.78, 5) is 13.3. The van der Waals surface area contributed by atoms with E-state index in [9.17, 15) is 4.79 Å². The van der Waals surface area contributed by atoms with Crippen molar-refractivity contribution < 1.29 is 9.90 Å². The predicted octanol–water partition coefficient (Wildman–Crippen LogP) is 0.785. The number of halogens is 1. The van der Waals surface area contributed by atoms with Crippen LogP contribution in [0.2, 0.25) is 5.02 Å². The highest BCUT2D eigenvalue weighted by molar-refractivity contribution is 6.34. The Morgan fingerprint density at radius 1 is 1.59 bits per heavy atom. The molecule has 0 atom stereocenters. The number of rotatable bonds is 5. The highest BCUT2D eigenvalue weighted by Gasteiger charge is 2.08. The van der Waals surface area contributed by atoms with Crippen molar-refractivity contribution in [2.75, 3.05) is 37.8 Å². The number of carbonyl (C=O) groups excluding carboxylic acids is 1. The van der Waals surface area contributed by atoms with E-state index in [1.807, 2.05) is 0 Å². The summed E-state index contributed by atoms with van der Waals surface area (Å²) >= 11 is 5.92. The molecule has 1 rings (SSSR count). The van der Waals surface area contributed by atoms with Crippen molar-refractivity contribution >= 4 is 28.9 Å². The number of amides is 1. The lowest BCUT2D eigenvalue weighted by Gasteiger charge is -2.15. The number of likely N-dealkylation sites (N-methyl/N-ethyl adjacent to an activating group) is 1. The molecule has 0 heterocycles. The van der Waals surface area contributed by atoms with Gasteiger partial charge in [0.1, 0.15) is 0 Å². The second-order valence-corrected chi connectivity index (χ2v) is 4.16. The van der Waals surface area contributed by atoms with Gasteiger partial charge in [-0.05, 0) is 25.2 Å². The van der Waals surface area contributed by atoms with E-state index in [1.54, 1.807) is 30.1 Å². The van der Waals surface area contributed by atoms with Gasteiger partial charge in [-0.15, -0.1) is 0 Å². The highest BCUT2D eigenvalue weighted by atomic mass is 35.5. The Bertz CT molecular complexity index is 398. The zero-order valence-electron chi connectivity index (χ0n) is 9.61. The van der Waals surface area contributed by atoms with Gasteiger partial charge in [-0.1, -0.05) is 11.6 Å². The summed E-state index contributed by atoms with van der Waals surface area (Å²) in [5.41, 5.74) is 6.62. The molecular formula is C11H16ClN3O2. The van der Waals surface area contributed by atoms with Crippen molar-refractivity contribution in [2.45, 2.75) is 0 Å². The maximum Gasteiger partial charge on any atom is 0.238 e. The molecule has 0 fully saturated rings. The fraction of sp³-hybridized carbons (Fsp3) is 0.364. The largest absolute Gasteiger partial charge is 0.399 e. The van der Waals surface area contributed by atoms with Crippen LogP contribution in [-0.4, -0.2) is 42.7 Å². The number of carbonyl (C=O) groups is 1. The minimum Gasteiger partial charge on any atom is -0.399 e. The van der Waals surface area contributed by atoms with Crippen LogP contribution < -0.4 is 11.1 Å². The molecule has 0 saturated carbocycles. The normalized spacial score (nSPS) is 10.6. The molecular weight excluding hydrogens is 242 g/mol. The summed E-state index contributed by atoms with van der Waals surface area (Å²) in [5, 5.41) is 11.8. The molecule has 0 aliphatic rings. The molecule has 0 bridgehead atoms. The zero-order chi connectivity index (χ0) is 12.8. The first-order valence-electron chi connectivity index (χ1n) is 5.17. The van der Waals surface area contributed by atoms with Crippen molar-refractivity contribution in [1.82, 2.24) is 4.90 Å². The smallest absolute Gasteiger partial charge is 0.238 e. The van der Waals surface area contributed by atoms with Crippen LogP contribution in [0.4, 0.5) is 11.4 Å². The molecule has 6 heteroatoms. The number of nitrogens with one attached hydrogen (secondary N) is 1. The topological polar surface area (TPSA) is 78.6 Å². The van der Waals surface area contributed by atoms with E-state index >= 15 is 0 Å². The van der Waals surface area contributed by atoms with Crippen LogP contribution in [0, 0.1) is 0 Å². The van der Waals surface area contributed by atoms with E-state index in [1.165, 1.54) is 0 Å². The quantitative estimate of drug-likeness (QED) is 0.682. The SMILES string of the molecule is CN(CCO)CC(=O)Nc1ccc(N)cc1Cl. The number of hydrogen-bond acceptors (Lipinski definition) is 4. The molecule has 0 unspecified atom stereocenters. The van der Waals surface area contributed by atoms with Crippen molar-refractivity contribution in [3.63, 3.8) is 0 Å². The van der Waals surface area contributed by atoms with Gasteiger partial charge in [-0.3, -0.25) is 9.69 Å². The van der Waals surface area contributed by atoms with Crippen LogP contribution in [0.25, 0.3) is 0 Å². The van der Waals surface area contributed by atoms with Crippen molar-refractivity contribution in [2.24, 2.45) is 0 Å². The summed E-state index contributed by atoms with van der Waals surface area (Å²) in [5.74, 6) is -0.187. The average Bonchev–Trinajstić information content (AvgIpc) is 2.22. The van der Waals surface area contributed by atoms with Gasteiger partial charge >= 0.3 is 0 Å². The number of nitrogens with zero attached hydrogens (tertiary/aromatic N) is 1. The Labute approximate surface area is 105 Å². The lowest BCUT2D eigenvalue weighted by Crippen LogP contribution is -2.32. The van der Waals surface area contributed by atoms with E-state index < -0.39 is 0 Å². The fourth-order valence-electron chi connectivity index (χ4n) is 1.32. The molecule has 17 heavy (non-hydrogen) atoms. The maximum absolute atomic E-state index is 11.6. The Hall–Kier alpha value is -1.30. The number of aliphatic hydroxyl groups excluding tert-OH is 1. The Kier molecular flexibility index (Phi) is 5.21. The molecule has 1 amide bonds. The van der Waals surface area contributed by atoms with Gasteiger partial charge in [0.15, 0.2) is 0 Å². The minimum atomic E-state index is -0.187. The van der Waals surface area contributed by atoms with Gasteiger partial charge in [0.2, 0.25) is 5.91 Å². The highest BCUT2D eigenvalue weighted by Crippen LogP contribution is 2.23. The van der Waals surface area contributed by atoms with Crippen LogP contribution in [-0.2, 0) is 4.79 Å². The molecule has 0 aliphatic heterocycles. The number of anilines is 2. The van der Waals surface area contributed by atoms with Gasteiger partial charge in [0.25, 0.3) is 0 Å². The minimum absolute atomic E-state index is 0.0202. The second-order valence-electron chi connectivity index (χ2n) is 3.75. The number of hydrogen-bond donors (Lipinski definition) is 3. The van der Waals surface area contributed by atoms with Crippen LogP contribution >= 0.6 is 11.6 Å². The van der Waals surface area contributed by atoms with Crippen molar-refractivity contribution in [3.05, 3.63) is 23.2 Å². The third kappa shape index (κ3) is 4.60. The molecule has 0 aliphatic carbocycles. The first-order chi connectivity index (χ1) is 8.02. The average molecular weight is 258 g/mol. The summed E-state index contributed by atoms with van der Waals surface area (Å²) < 4.78 is 0. The van der Waals surface area contributed by atoms with E-state index in [0.29, 0.717) is 22.9 Å². The van der Waals surface area contributed by atoms with E-state index in [2.05, 4.69) is 5.32 Å². The third-order valence-electron chi connectivity index (χ3n) is 2.16. The summed E-state index contributed by atoms with van der Waals surface area (Å²) in [6.45, 7) is 0.663.